The van der Waals surface area contributed by atoms with E-state index in [0.29, 0.717) is 24.3 Å². The first-order chi connectivity index (χ1) is 10.0. The molecule has 0 bridgehead atoms. The fraction of sp³-hybridized carbons (Fsp3) is 0.500. The average molecular weight is 290 g/mol. The number of likely N-dealkylation sites (tertiary alicyclic amines) is 1. The number of nitrogens with one attached hydrogen (secondary N) is 1. The topological polar surface area (TPSA) is 58.6 Å². The van der Waals surface area contributed by atoms with Gasteiger partial charge in [0.2, 0.25) is 5.91 Å². The quantitative estimate of drug-likeness (QED) is 0.897. The number of methoxy groups -OCH3 is 1. The van der Waals surface area contributed by atoms with E-state index < -0.39 is 0 Å². The highest BCUT2D eigenvalue weighted by Gasteiger charge is 2.31. The van der Waals surface area contributed by atoms with Crippen LogP contribution in [0.3, 0.4) is 0 Å². The van der Waals surface area contributed by atoms with E-state index in [0.717, 1.165) is 6.54 Å². The summed E-state index contributed by atoms with van der Waals surface area (Å²) in [5.74, 6) is 0.883. The first-order valence-corrected chi connectivity index (χ1v) is 7.23. The molecule has 21 heavy (non-hydrogen) atoms. The summed E-state index contributed by atoms with van der Waals surface area (Å²) in [6, 6.07) is 7.25. The van der Waals surface area contributed by atoms with Crippen molar-refractivity contribution >= 4 is 11.8 Å². The average Bonchev–Trinajstić information content (AvgIpc) is 2.86. The molecule has 1 aromatic rings. The Hall–Kier alpha value is -2.04. The number of nitrogens with zero attached hydrogens (tertiary/aromatic N) is 1. The van der Waals surface area contributed by atoms with Crippen LogP contribution >= 0.6 is 0 Å². The highest BCUT2D eigenvalue weighted by atomic mass is 16.5. The Morgan fingerprint density at radius 3 is 2.86 bits per heavy atom. The second-order valence-corrected chi connectivity index (χ2v) is 5.65. The van der Waals surface area contributed by atoms with Gasteiger partial charge >= 0.3 is 0 Å². The van der Waals surface area contributed by atoms with Gasteiger partial charge in [-0.1, -0.05) is 6.07 Å². The molecule has 0 aliphatic carbocycles. The number of hydrogen-bond donors (Lipinski definition) is 1. The standard InChI is InChI=1S/C16H22N2O3/c1-11(2)18-10-12(7-15(18)19)9-17-16(20)13-5-4-6-14(8-13)21-3/h4-6,8,11-12H,7,9-10H2,1-3H3,(H,17,20). The summed E-state index contributed by atoms with van der Waals surface area (Å²) in [6.45, 7) is 5.25. The molecule has 1 N–H and O–H groups in total. The van der Waals surface area contributed by atoms with E-state index in [2.05, 4.69) is 5.32 Å². The number of hydrogen-bond acceptors (Lipinski definition) is 3. The minimum Gasteiger partial charge on any atom is -0.497 e. The Morgan fingerprint density at radius 2 is 2.24 bits per heavy atom. The molecule has 5 heteroatoms. The predicted octanol–water partition coefficient (Wildman–Crippen LogP) is 1.68. The van der Waals surface area contributed by atoms with Crippen LogP contribution in [0.5, 0.6) is 5.75 Å². The van der Waals surface area contributed by atoms with Gasteiger partial charge in [0, 0.05) is 37.0 Å². The van der Waals surface area contributed by atoms with Crippen LogP contribution in [0.4, 0.5) is 0 Å². The van der Waals surface area contributed by atoms with Gasteiger partial charge in [0.05, 0.1) is 7.11 Å². The summed E-state index contributed by atoms with van der Waals surface area (Å²) < 4.78 is 5.11. The molecule has 1 aliphatic heterocycles. The van der Waals surface area contributed by atoms with E-state index in [1.165, 1.54) is 0 Å². The smallest absolute Gasteiger partial charge is 0.251 e. The molecule has 1 unspecified atom stereocenters. The minimum absolute atomic E-state index is 0.135. The number of rotatable bonds is 5. The molecule has 2 rings (SSSR count). The van der Waals surface area contributed by atoms with Crippen molar-refractivity contribution in [3.8, 4) is 5.75 Å². The molecule has 1 fully saturated rings. The Morgan fingerprint density at radius 1 is 1.48 bits per heavy atom. The lowest BCUT2D eigenvalue weighted by atomic mass is 10.1. The van der Waals surface area contributed by atoms with Crippen LogP contribution in [-0.2, 0) is 4.79 Å². The molecule has 0 saturated carbocycles. The van der Waals surface area contributed by atoms with Crippen molar-refractivity contribution in [1.29, 1.82) is 0 Å². The summed E-state index contributed by atoms with van der Waals surface area (Å²) in [5, 5.41) is 2.90. The molecular formula is C16H22N2O3. The number of benzene rings is 1. The molecule has 0 aromatic heterocycles. The molecule has 114 valence electrons. The van der Waals surface area contributed by atoms with E-state index >= 15 is 0 Å². The fourth-order valence-electron chi connectivity index (χ4n) is 2.55. The zero-order chi connectivity index (χ0) is 15.4. The third-order valence-electron chi connectivity index (χ3n) is 3.75. The van der Waals surface area contributed by atoms with Gasteiger partial charge in [-0.25, -0.2) is 0 Å². The van der Waals surface area contributed by atoms with Crippen molar-refractivity contribution in [2.75, 3.05) is 20.2 Å². The Bertz CT molecular complexity index is 528. The third kappa shape index (κ3) is 3.74. The Kier molecular flexibility index (Phi) is 4.83. The van der Waals surface area contributed by atoms with Gasteiger partial charge < -0.3 is 15.0 Å². The van der Waals surface area contributed by atoms with E-state index in [1.54, 1.807) is 31.4 Å². The van der Waals surface area contributed by atoms with E-state index in [4.69, 9.17) is 4.74 Å². The van der Waals surface area contributed by atoms with Crippen LogP contribution in [0.2, 0.25) is 0 Å². The monoisotopic (exact) mass is 290 g/mol. The highest BCUT2D eigenvalue weighted by Crippen LogP contribution is 2.19. The number of carbonyl (C=O) groups is 2. The van der Waals surface area contributed by atoms with Crippen molar-refractivity contribution in [3.63, 3.8) is 0 Å². The van der Waals surface area contributed by atoms with Crippen LogP contribution in [0.15, 0.2) is 24.3 Å². The summed E-state index contributed by atoms with van der Waals surface area (Å²) in [6.07, 6.45) is 0.510. The normalized spacial score (nSPS) is 18.2. The third-order valence-corrected chi connectivity index (χ3v) is 3.75. The molecular weight excluding hydrogens is 268 g/mol. The lowest BCUT2D eigenvalue weighted by molar-refractivity contribution is -0.129. The van der Waals surface area contributed by atoms with Crippen LogP contribution in [0.25, 0.3) is 0 Å². The van der Waals surface area contributed by atoms with Crippen LogP contribution in [0, 0.1) is 5.92 Å². The van der Waals surface area contributed by atoms with Crippen molar-refractivity contribution in [3.05, 3.63) is 29.8 Å². The number of ether oxygens (including phenoxy) is 1. The van der Waals surface area contributed by atoms with E-state index in [9.17, 15) is 9.59 Å². The maximum Gasteiger partial charge on any atom is 0.251 e. The molecule has 0 radical (unpaired) electrons. The number of carbonyl (C=O) groups excluding carboxylic acids is 2. The van der Waals surface area contributed by atoms with Gasteiger partial charge in [0.1, 0.15) is 5.75 Å². The van der Waals surface area contributed by atoms with Crippen molar-refractivity contribution in [2.24, 2.45) is 5.92 Å². The zero-order valence-electron chi connectivity index (χ0n) is 12.8. The van der Waals surface area contributed by atoms with Gasteiger partial charge in [-0.15, -0.1) is 0 Å². The first kappa shape index (κ1) is 15.4. The van der Waals surface area contributed by atoms with E-state index in [-0.39, 0.29) is 23.8 Å². The van der Waals surface area contributed by atoms with Gasteiger partial charge in [-0.3, -0.25) is 9.59 Å². The molecule has 1 atom stereocenters. The van der Waals surface area contributed by atoms with Gasteiger partial charge in [0.15, 0.2) is 0 Å². The lowest BCUT2D eigenvalue weighted by Gasteiger charge is -2.21. The SMILES string of the molecule is COc1cccc(C(=O)NCC2CC(=O)N(C(C)C)C2)c1. The lowest BCUT2D eigenvalue weighted by Crippen LogP contribution is -2.34. The highest BCUT2D eigenvalue weighted by molar-refractivity contribution is 5.94. The molecule has 2 amide bonds. The molecule has 1 saturated heterocycles. The van der Waals surface area contributed by atoms with Crippen molar-refractivity contribution in [2.45, 2.75) is 26.3 Å². The maximum atomic E-state index is 12.1. The molecule has 1 aromatic carbocycles. The second kappa shape index (κ2) is 6.61. The van der Waals surface area contributed by atoms with Crippen LogP contribution in [-0.4, -0.2) is 43.0 Å². The molecule has 1 heterocycles. The van der Waals surface area contributed by atoms with Crippen molar-refractivity contribution in [1.82, 2.24) is 10.2 Å². The molecule has 5 nitrogen and oxygen atoms in total. The maximum absolute atomic E-state index is 12.1. The fourth-order valence-corrected chi connectivity index (χ4v) is 2.55. The van der Waals surface area contributed by atoms with Crippen LogP contribution < -0.4 is 10.1 Å². The largest absolute Gasteiger partial charge is 0.497 e. The summed E-state index contributed by atoms with van der Waals surface area (Å²) >= 11 is 0. The second-order valence-electron chi connectivity index (χ2n) is 5.65. The predicted molar refractivity (Wildman–Crippen MR) is 80.3 cm³/mol. The summed E-state index contributed by atoms with van der Waals surface area (Å²) in [4.78, 5) is 25.8. The zero-order valence-corrected chi connectivity index (χ0v) is 12.8. The van der Waals surface area contributed by atoms with Crippen molar-refractivity contribution < 1.29 is 14.3 Å². The number of amides is 2. The summed E-state index contributed by atoms with van der Waals surface area (Å²) in [5.41, 5.74) is 0.569. The van der Waals surface area contributed by atoms with Gasteiger partial charge in [-0.2, -0.15) is 0 Å². The minimum atomic E-state index is -0.135. The van der Waals surface area contributed by atoms with Crippen LogP contribution in [0.1, 0.15) is 30.6 Å². The van der Waals surface area contributed by atoms with E-state index in [1.807, 2.05) is 18.7 Å². The first-order valence-electron chi connectivity index (χ1n) is 7.23. The van der Waals surface area contributed by atoms with Gasteiger partial charge in [-0.05, 0) is 32.0 Å². The molecule has 1 aliphatic rings. The Balaban J connectivity index is 1.88. The summed E-state index contributed by atoms with van der Waals surface area (Å²) in [7, 11) is 1.57. The molecule has 0 spiro atoms. The Labute approximate surface area is 125 Å². The van der Waals surface area contributed by atoms with Gasteiger partial charge in [0.25, 0.3) is 5.91 Å².